The Bertz CT molecular complexity index is 1160. The minimum absolute atomic E-state index is 0.00740. The van der Waals surface area contributed by atoms with Crippen LogP contribution in [0.1, 0.15) is 30.4 Å². The van der Waals surface area contributed by atoms with E-state index in [0.29, 0.717) is 0 Å². The Kier molecular flexibility index (Phi) is 4.41. The number of aliphatic hydroxyl groups excluding tert-OH is 3. The number of nitrogens with two attached hydrogens (primary N) is 2. The quantitative estimate of drug-likeness (QED) is 0.177. The number of ketones is 2. The first-order chi connectivity index (χ1) is 14.3. The van der Waals surface area contributed by atoms with E-state index in [1.165, 1.54) is 0 Å². The lowest BCUT2D eigenvalue weighted by molar-refractivity contribution is -0.160. The van der Waals surface area contributed by atoms with Gasteiger partial charge in [-0.2, -0.15) is 0 Å². The van der Waals surface area contributed by atoms with Gasteiger partial charge < -0.3 is 37.0 Å². The van der Waals surface area contributed by atoms with Crippen LogP contribution in [0.15, 0.2) is 23.0 Å². The minimum atomic E-state index is -2.87. The molecule has 0 aliphatic heterocycles. The normalized spacial score (nSPS) is 32.5. The lowest BCUT2D eigenvalue weighted by Crippen LogP contribution is -2.63. The fourth-order valence-electron chi connectivity index (χ4n) is 5.14. The van der Waals surface area contributed by atoms with Gasteiger partial charge in [-0.15, -0.1) is 0 Å². The number of halogens is 1. The van der Waals surface area contributed by atoms with Crippen LogP contribution in [0, 0.1) is 11.8 Å². The number of rotatable bonds is 1. The van der Waals surface area contributed by atoms with Gasteiger partial charge in [-0.25, -0.2) is 0 Å². The summed E-state index contributed by atoms with van der Waals surface area (Å²) in [4.78, 5) is 37.4. The fraction of sp³-hybridized carbons (Fsp3) is 0.350. The summed E-state index contributed by atoms with van der Waals surface area (Å²) in [6, 6.07) is 1.07. The molecule has 1 aromatic carbocycles. The molecule has 0 saturated heterocycles. The van der Waals surface area contributed by atoms with Crippen molar-refractivity contribution in [2.24, 2.45) is 17.6 Å². The number of Topliss-reactive ketones (excluding diaryl/α,β-unsaturated/α-hetero) is 2. The first-order valence-electron chi connectivity index (χ1n) is 9.31. The zero-order chi connectivity index (χ0) is 23.2. The lowest BCUT2D eigenvalue weighted by Gasteiger charge is -2.50. The van der Waals surface area contributed by atoms with Crippen LogP contribution in [0.2, 0.25) is 5.02 Å². The summed E-state index contributed by atoms with van der Waals surface area (Å²) in [6.07, 6.45) is -2.27. The van der Waals surface area contributed by atoms with Gasteiger partial charge in [-0.1, -0.05) is 18.5 Å². The zero-order valence-electron chi connectivity index (χ0n) is 16.1. The highest BCUT2D eigenvalue weighted by atomic mass is 35.5. The second-order valence-electron chi connectivity index (χ2n) is 8.06. The van der Waals surface area contributed by atoms with E-state index in [9.17, 15) is 39.9 Å². The summed E-state index contributed by atoms with van der Waals surface area (Å²) >= 11 is 6.04. The molecule has 1 aromatic rings. The molecule has 11 heteroatoms. The fourth-order valence-corrected chi connectivity index (χ4v) is 5.35. The number of hydrogen-bond donors (Lipinski definition) is 7. The van der Waals surface area contributed by atoms with Crippen LogP contribution in [0.4, 0.5) is 5.69 Å². The highest BCUT2D eigenvalue weighted by molar-refractivity contribution is 6.33. The molecule has 164 valence electrons. The SMILES string of the molecule is C[C@@H]1c2c(N)c(Cl)cc(O)c2C(O)=C2C(=O)[C@]3(O)C(O)=C(C(N)=O)C(=O)C[C@@H]3[C@@H](O)[C@@H]21. The van der Waals surface area contributed by atoms with Crippen LogP contribution in [-0.4, -0.2) is 54.7 Å². The van der Waals surface area contributed by atoms with E-state index in [1.54, 1.807) is 6.92 Å². The summed E-state index contributed by atoms with van der Waals surface area (Å²) in [6.45, 7) is 1.57. The van der Waals surface area contributed by atoms with Gasteiger partial charge in [0, 0.05) is 29.9 Å². The topological polar surface area (TPSA) is 204 Å². The first kappa shape index (κ1) is 21.2. The van der Waals surface area contributed by atoms with Crippen LogP contribution in [0.3, 0.4) is 0 Å². The number of phenols is 1. The van der Waals surface area contributed by atoms with Gasteiger partial charge >= 0.3 is 0 Å². The van der Waals surface area contributed by atoms with E-state index < -0.39 is 81.8 Å². The van der Waals surface area contributed by atoms with E-state index in [-0.39, 0.29) is 21.8 Å². The maximum atomic E-state index is 13.4. The van der Waals surface area contributed by atoms with E-state index in [0.717, 1.165) is 6.07 Å². The van der Waals surface area contributed by atoms with Crippen molar-refractivity contribution in [3.63, 3.8) is 0 Å². The highest BCUT2D eigenvalue weighted by Gasteiger charge is 2.65. The highest BCUT2D eigenvalue weighted by Crippen LogP contribution is 2.57. The smallest absolute Gasteiger partial charge is 0.255 e. The molecule has 5 atom stereocenters. The molecule has 0 spiro atoms. The number of primary amides is 1. The third-order valence-corrected chi connectivity index (χ3v) is 6.90. The van der Waals surface area contributed by atoms with Crippen LogP contribution < -0.4 is 11.5 Å². The van der Waals surface area contributed by atoms with Crippen molar-refractivity contribution in [1.82, 2.24) is 0 Å². The average Bonchev–Trinajstić information content (AvgIpc) is 2.67. The molecular formula is C20H19ClN2O8. The molecular weight excluding hydrogens is 432 g/mol. The Morgan fingerprint density at radius 3 is 2.45 bits per heavy atom. The van der Waals surface area contributed by atoms with Gasteiger partial charge in [0.1, 0.15) is 22.8 Å². The van der Waals surface area contributed by atoms with E-state index in [4.69, 9.17) is 23.1 Å². The minimum Gasteiger partial charge on any atom is -0.508 e. The van der Waals surface area contributed by atoms with Gasteiger partial charge in [0.15, 0.2) is 11.4 Å². The summed E-state index contributed by atoms with van der Waals surface area (Å²) in [7, 11) is 0. The molecule has 0 bridgehead atoms. The van der Waals surface area contributed by atoms with Crippen molar-refractivity contribution < 1.29 is 39.9 Å². The summed E-state index contributed by atoms with van der Waals surface area (Å²) in [5.74, 6) is -9.49. The van der Waals surface area contributed by atoms with Gasteiger partial charge in [0.2, 0.25) is 5.78 Å². The van der Waals surface area contributed by atoms with E-state index >= 15 is 0 Å². The number of aliphatic hydroxyl groups is 4. The maximum absolute atomic E-state index is 13.4. The number of anilines is 1. The molecule has 1 saturated carbocycles. The van der Waals surface area contributed by atoms with Crippen molar-refractivity contribution in [2.45, 2.75) is 31.0 Å². The van der Waals surface area contributed by atoms with Crippen molar-refractivity contribution in [2.75, 3.05) is 5.73 Å². The van der Waals surface area contributed by atoms with Gasteiger partial charge in [0.25, 0.3) is 5.91 Å². The van der Waals surface area contributed by atoms with Crippen LogP contribution >= 0.6 is 11.6 Å². The van der Waals surface area contributed by atoms with Crippen LogP contribution in [-0.2, 0) is 14.4 Å². The lowest BCUT2D eigenvalue weighted by atomic mass is 9.55. The van der Waals surface area contributed by atoms with E-state index in [1.807, 2.05) is 0 Å². The molecule has 0 heterocycles. The first-order valence-corrected chi connectivity index (χ1v) is 9.69. The predicted octanol–water partition coefficient (Wildman–Crippen LogP) is 0.191. The molecule has 0 unspecified atom stereocenters. The second kappa shape index (κ2) is 6.46. The molecule has 1 amide bonds. The molecule has 31 heavy (non-hydrogen) atoms. The number of phenolic OH excluding ortho intramolecular Hbond substituents is 1. The number of carbonyl (C=O) groups excluding carboxylic acids is 3. The third kappa shape index (κ3) is 2.43. The summed E-state index contributed by atoms with van der Waals surface area (Å²) in [5.41, 5.74) is 6.87. The number of carbonyl (C=O) groups is 3. The molecule has 3 aliphatic rings. The monoisotopic (exact) mass is 450 g/mol. The Hall–Kier alpha value is -3.08. The number of amides is 1. The Balaban J connectivity index is 2.05. The molecule has 0 radical (unpaired) electrons. The molecule has 9 N–H and O–H groups in total. The molecule has 0 aromatic heterocycles. The van der Waals surface area contributed by atoms with Crippen molar-refractivity contribution in [3.8, 4) is 5.75 Å². The number of fused-ring (bicyclic) bond motifs is 3. The predicted molar refractivity (Wildman–Crippen MR) is 107 cm³/mol. The van der Waals surface area contributed by atoms with Gasteiger partial charge in [-0.3, -0.25) is 14.4 Å². The molecule has 10 nitrogen and oxygen atoms in total. The number of aromatic hydroxyl groups is 1. The van der Waals surface area contributed by atoms with Crippen LogP contribution in [0.5, 0.6) is 5.75 Å². The van der Waals surface area contributed by atoms with Crippen molar-refractivity contribution >= 4 is 40.5 Å². The zero-order valence-corrected chi connectivity index (χ0v) is 16.8. The third-order valence-electron chi connectivity index (χ3n) is 6.59. The Morgan fingerprint density at radius 2 is 1.87 bits per heavy atom. The number of nitrogen functional groups attached to an aromatic ring is 1. The number of benzene rings is 1. The Morgan fingerprint density at radius 1 is 1.26 bits per heavy atom. The van der Waals surface area contributed by atoms with Gasteiger partial charge in [0.05, 0.1) is 22.4 Å². The maximum Gasteiger partial charge on any atom is 0.255 e. The standard InChI is InChI=1S/C20H19ClN2O8/c1-4-9-11(8(25)3-6(21)14(9)22)16(27)13-10(4)15(26)5-2-7(24)12(19(23)30)17(28)20(5,31)18(13)29/h3-5,10,15,25-28,31H,2,22H2,1H3,(H2,23,30)/t4-,5-,10-,15-,20-/m1/s1. The van der Waals surface area contributed by atoms with Crippen molar-refractivity contribution in [3.05, 3.63) is 39.1 Å². The Labute approximate surface area is 180 Å². The summed E-state index contributed by atoms with van der Waals surface area (Å²) < 4.78 is 0. The van der Waals surface area contributed by atoms with Crippen molar-refractivity contribution in [1.29, 1.82) is 0 Å². The summed E-state index contributed by atoms with van der Waals surface area (Å²) in [5, 5.41) is 54.0. The van der Waals surface area contributed by atoms with Crippen LogP contribution in [0.25, 0.3) is 5.76 Å². The second-order valence-corrected chi connectivity index (χ2v) is 8.47. The largest absolute Gasteiger partial charge is 0.508 e. The van der Waals surface area contributed by atoms with Gasteiger partial charge in [-0.05, 0) is 11.5 Å². The molecule has 4 rings (SSSR count). The molecule has 1 fully saturated rings. The molecule has 3 aliphatic carbocycles. The van der Waals surface area contributed by atoms with E-state index in [2.05, 4.69) is 0 Å². The number of hydrogen-bond acceptors (Lipinski definition) is 9. The average molecular weight is 451 g/mol.